The van der Waals surface area contributed by atoms with Gasteiger partial charge in [-0.25, -0.2) is 9.97 Å². The van der Waals surface area contributed by atoms with Gasteiger partial charge in [0, 0.05) is 17.8 Å². The Morgan fingerprint density at radius 3 is 2.68 bits per heavy atom. The van der Waals surface area contributed by atoms with Crippen molar-refractivity contribution in [2.75, 3.05) is 14.2 Å². The molecule has 2 aromatic rings. The van der Waals surface area contributed by atoms with E-state index in [4.69, 9.17) is 9.47 Å². The van der Waals surface area contributed by atoms with Gasteiger partial charge in [0.25, 0.3) is 11.6 Å². The second-order valence-corrected chi connectivity index (χ2v) is 3.98. The Bertz CT molecular complexity index is 637. The van der Waals surface area contributed by atoms with E-state index in [1.165, 1.54) is 17.7 Å². The third kappa shape index (κ3) is 2.90. The zero-order valence-corrected chi connectivity index (χ0v) is 11.1. The molecule has 0 radical (unpaired) electrons. The van der Waals surface area contributed by atoms with Crippen LogP contribution in [-0.2, 0) is 6.54 Å². The normalized spacial score (nSPS) is 10.3. The summed E-state index contributed by atoms with van der Waals surface area (Å²) in [6.45, 7) is 2.03. The monoisotopic (exact) mass is 261 g/mol. The molecule has 0 amide bonds. The van der Waals surface area contributed by atoms with Crippen molar-refractivity contribution in [3.63, 3.8) is 0 Å². The van der Waals surface area contributed by atoms with Crippen LogP contribution in [0.15, 0.2) is 29.1 Å². The number of hydrogen-bond donors (Lipinski definition) is 0. The Hall–Kier alpha value is -2.37. The molecule has 0 aliphatic carbocycles. The third-order valence-corrected chi connectivity index (χ3v) is 2.59. The highest BCUT2D eigenvalue weighted by Gasteiger charge is 2.09. The standard InChI is InChI=1S/C13H15N3O3/c1-9-7-12(17)16(13(14-9)19-3)8-10-5-4-6-11(15-10)18-2/h4-7H,8H2,1-3H3. The Balaban J connectivity index is 2.40. The van der Waals surface area contributed by atoms with Crippen LogP contribution in [-0.4, -0.2) is 28.8 Å². The van der Waals surface area contributed by atoms with Gasteiger partial charge in [0.05, 0.1) is 26.5 Å². The van der Waals surface area contributed by atoms with Gasteiger partial charge in [-0.3, -0.25) is 9.36 Å². The van der Waals surface area contributed by atoms with Crippen LogP contribution in [0.3, 0.4) is 0 Å². The quantitative estimate of drug-likeness (QED) is 0.821. The van der Waals surface area contributed by atoms with Crippen LogP contribution in [0.4, 0.5) is 0 Å². The molecule has 0 saturated carbocycles. The van der Waals surface area contributed by atoms with Gasteiger partial charge in [-0.1, -0.05) is 6.07 Å². The molecule has 0 bridgehead atoms. The predicted octanol–water partition coefficient (Wildman–Crippen LogP) is 1.01. The van der Waals surface area contributed by atoms with Crippen LogP contribution < -0.4 is 15.0 Å². The van der Waals surface area contributed by atoms with Gasteiger partial charge in [-0.15, -0.1) is 0 Å². The lowest BCUT2D eigenvalue weighted by Gasteiger charge is -2.10. The third-order valence-electron chi connectivity index (χ3n) is 2.59. The molecule has 6 nitrogen and oxygen atoms in total. The maximum atomic E-state index is 12.0. The van der Waals surface area contributed by atoms with Gasteiger partial charge in [0.2, 0.25) is 5.88 Å². The SMILES string of the molecule is COc1cccc(Cn2c(OC)nc(C)cc2=O)n1. The molecule has 0 fully saturated rings. The molecule has 2 rings (SSSR count). The Labute approximate surface area is 110 Å². The van der Waals surface area contributed by atoms with Gasteiger partial charge in [-0.05, 0) is 13.0 Å². The summed E-state index contributed by atoms with van der Waals surface area (Å²) in [7, 11) is 3.03. The average Bonchev–Trinajstić information content (AvgIpc) is 2.41. The molecule has 0 aliphatic rings. The smallest absolute Gasteiger partial charge is 0.299 e. The van der Waals surface area contributed by atoms with E-state index in [-0.39, 0.29) is 18.1 Å². The van der Waals surface area contributed by atoms with Gasteiger partial charge in [0.15, 0.2) is 0 Å². The van der Waals surface area contributed by atoms with E-state index in [0.29, 0.717) is 17.3 Å². The molecule has 0 N–H and O–H groups in total. The molecule has 2 heterocycles. The lowest BCUT2D eigenvalue weighted by atomic mass is 10.3. The maximum Gasteiger partial charge on any atom is 0.299 e. The number of aryl methyl sites for hydroxylation is 1. The number of aromatic nitrogens is 3. The first kappa shape index (κ1) is 13.1. The zero-order chi connectivity index (χ0) is 13.8. The highest BCUT2D eigenvalue weighted by atomic mass is 16.5. The summed E-state index contributed by atoms with van der Waals surface area (Å²) >= 11 is 0. The molecular weight excluding hydrogens is 246 g/mol. The van der Waals surface area contributed by atoms with Crippen molar-refractivity contribution < 1.29 is 9.47 Å². The van der Waals surface area contributed by atoms with Crippen LogP contribution >= 0.6 is 0 Å². The minimum absolute atomic E-state index is 0.172. The fraction of sp³-hybridized carbons (Fsp3) is 0.308. The van der Waals surface area contributed by atoms with Crippen molar-refractivity contribution in [3.05, 3.63) is 46.0 Å². The molecule has 0 aromatic carbocycles. The van der Waals surface area contributed by atoms with Crippen molar-refractivity contribution >= 4 is 0 Å². The van der Waals surface area contributed by atoms with E-state index in [1.807, 2.05) is 12.1 Å². The molecule has 0 saturated heterocycles. The van der Waals surface area contributed by atoms with Gasteiger partial charge >= 0.3 is 0 Å². The number of ether oxygens (including phenoxy) is 2. The predicted molar refractivity (Wildman–Crippen MR) is 69.7 cm³/mol. The van der Waals surface area contributed by atoms with Gasteiger partial charge < -0.3 is 9.47 Å². The van der Waals surface area contributed by atoms with Gasteiger partial charge in [0.1, 0.15) is 0 Å². The molecule has 0 spiro atoms. The van der Waals surface area contributed by atoms with E-state index in [9.17, 15) is 4.79 Å². The highest BCUT2D eigenvalue weighted by Crippen LogP contribution is 2.10. The molecule has 6 heteroatoms. The number of rotatable bonds is 4. The first-order valence-corrected chi connectivity index (χ1v) is 5.76. The van der Waals surface area contributed by atoms with Crippen molar-refractivity contribution in [2.24, 2.45) is 0 Å². The minimum atomic E-state index is -0.172. The van der Waals surface area contributed by atoms with Crippen LogP contribution in [0.5, 0.6) is 11.9 Å². The molecule has 0 aliphatic heterocycles. The van der Waals surface area contributed by atoms with Crippen LogP contribution in [0.2, 0.25) is 0 Å². The Kier molecular flexibility index (Phi) is 3.79. The zero-order valence-electron chi connectivity index (χ0n) is 11.1. The first-order valence-electron chi connectivity index (χ1n) is 5.76. The topological polar surface area (TPSA) is 66.2 Å². The number of hydrogen-bond acceptors (Lipinski definition) is 5. The van der Waals surface area contributed by atoms with Crippen LogP contribution in [0.1, 0.15) is 11.4 Å². The van der Waals surface area contributed by atoms with E-state index in [0.717, 1.165) is 0 Å². The first-order chi connectivity index (χ1) is 9.13. The Morgan fingerprint density at radius 2 is 2.00 bits per heavy atom. The summed E-state index contributed by atoms with van der Waals surface area (Å²) in [5.74, 6) is 0.504. The number of methoxy groups -OCH3 is 2. The fourth-order valence-corrected chi connectivity index (χ4v) is 1.72. The summed E-state index contributed by atoms with van der Waals surface area (Å²) in [4.78, 5) is 20.4. The number of nitrogens with zero attached hydrogens (tertiary/aromatic N) is 3. The van der Waals surface area contributed by atoms with Crippen molar-refractivity contribution in [1.82, 2.24) is 14.5 Å². The molecule has 0 atom stereocenters. The summed E-state index contributed by atoms with van der Waals surface area (Å²) < 4.78 is 11.6. The second kappa shape index (κ2) is 5.51. The minimum Gasteiger partial charge on any atom is -0.481 e. The van der Waals surface area contributed by atoms with Crippen LogP contribution in [0.25, 0.3) is 0 Å². The average molecular weight is 261 g/mol. The van der Waals surface area contributed by atoms with E-state index < -0.39 is 0 Å². The van der Waals surface area contributed by atoms with Crippen molar-refractivity contribution in [3.8, 4) is 11.9 Å². The van der Waals surface area contributed by atoms with Crippen LogP contribution in [0, 0.1) is 6.92 Å². The van der Waals surface area contributed by atoms with Gasteiger partial charge in [-0.2, -0.15) is 0 Å². The molecule has 0 unspecified atom stereocenters. The fourth-order valence-electron chi connectivity index (χ4n) is 1.72. The molecule has 19 heavy (non-hydrogen) atoms. The second-order valence-electron chi connectivity index (χ2n) is 3.98. The van der Waals surface area contributed by atoms with Crippen molar-refractivity contribution in [2.45, 2.75) is 13.5 Å². The Morgan fingerprint density at radius 1 is 1.21 bits per heavy atom. The molecule has 2 aromatic heterocycles. The summed E-state index contributed by atoms with van der Waals surface area (Å²) in [6, 6.07) is 7.11. The summed E-state index contributed by atoms with van der Waals surface area (Å²) in [5.41, 5.74) is 1.15. The summed E-state index contributed by atoms with van der Waals surface area (Å²) in [6.07, 6.45) is 0. The number of pyridine rings is 1. The van der Waals surface area contributed by atoms with E-state index in [1.54, 1.807) is 20.1 Å². The summed E-state index contributed by atoms with van der Waals surface area (Å²) in [5, 5.41) is 0. The lowest BCUT2D eigenvalue weighted by molar-refractivity contribution is 0.348. The van der Waals surface area contributed by atoms with E-state index in [2.05, 4.69) is 9.97 Å². The largest absolute Gasteiger partial charge is 0.481 e. The van der Waals surface area contributed by atoms with Crippen molar-refractivity contribution in [1.29, 1.82) is 0 Å². The lowest BCUT2D eigenvalue weighted by Crippen LogP contribution is -2.23. The van der Waals surface area contributed by atoms with E-state index >= 15 is 0 Å². The molecular formula is C13H15N3O3. The maximum absolute atomic E-state index is 12.0. The molecule has 100 valence electrons. The highest BCUT2D eigenvalue weighted by molar-refractivity contribution is 5.17.